The van der Waals surface area contributed by atoms with E-state index in [4.69, 9.17) is 9.47 Å². The lowest BCUT2D eigenvalue weighted by molar-refractivity contribution is -0.140. The number of hydrogen-bond donors (Lipinski definition) is 1. The second kappa shape index (κ2) is 5.02. The highest BCUT2D eigenvalue weighted by Crippen LogP contribution is 2.44. The van der Waals surface area contributed by atoms with Gasteiger partial charge in [0, 0.05) is 11.8 Å². The molecular formula is C15H19NO5. The van der Waals surface area contributed by atoms with E-state index in [-0.39, 0.29) is 17.1 Å². The summed E-state index contributed by atoms with van der Waals surface area (Å²) in [6.07, 6.45) is 1.80. The number of methoxy groups -OCH3 is 2. The van der Waals surface area contributed by atoms with E-state index in [0.29, 0.717) is 0 Å². The molecule has 0 aromatic rings. The summed E-state index contributed by atoms with van der Waals surface area (Å²) < 4.78 is 9.64. The predicted octanol–water partition coefficient (Wildman–Crippen LogP) is 0.730. The fraction of sp³-hybridized carbons (Fsp3) is 0.533. The van der Waals surface area contributed by atoms with E-state index < -0.39 is 29.3 Å². The summed E-state index contributed by atoms with van der Waals surface area (Å²) in [6.45, 7) is 5.25. The summed E-state index contributed by atoms with van der Waals surface area (Å²) >= 11 is 0. The van der Waals surface area contributed by atoms with Crippen LogP contribution in [-0.2, 0) is 23.9 Å². The van der Waals surface area contributed by atoms with Crippen LogP contribution in [0.1, 0.15) is 20.8 Å². The number of esters is 2. The van der Waals surface area contributed by atoms with E-state index in [1.807, 2.05) is 6.92 Å². The lowest BCUT2D eigenvalue weighted by Crippen LogP contribution is -2.48. The number of rotatable bonds is 2. The first-order valence-electron chi connectivity index (χ1n) is 6.69. The maximum absolute atomic E-state index is 12.3. The number of amides is 1. The summed E-state index contributed by atoms with van der Waals surface area (Å²) in [5.41, 5.74) is 0.137. The molecule has 2 heterocycles. The van der Waals surface area contributed by atoms with Crippen molar-refractivity contribution in [2.24, 2.45) is 11.8 Å². The van der Waals surface area contributed by atoms with Gasteiger partial charge in [0.1, 0.15) is 0 Å². The maximum Gasteiger partial charge on any atom is 0.337 e. The number of nitrogens with one attached hydrogen (secondary N) is 1. The average Bonchev–Trinajstić information content (AvgIpc) is 2.56. The van der Waals surface area contributed by atoms with Gasteiger partial charge >= 0.3 is 11.9 Å². The van der Waals surface area contributed by atoms with Crippen molar-refractivity contribution in [2.75, 3.05) is 14.2 Å². The number of carbonyl (C=O) groups excluding carboxylic acids is 3. The number of allylic oxidation sites excluding steroid dienone is 1. The van der Waals surface area contributed by atoms with Crippen LogP contribution in [0.2, 0.25) is 0 Å². The minimum absolute atomic E-state index is 0.144. The third-order valence-corrected chi connectivity index (χ3v) is 4.20. The SMILES string of the molecule is COC(=O)C1=C(C(=O)OC)[C@]2(C)C=C(C)[C@H]1[C@H](C)C(=O)N2. The van der Waals surface area contributed by atoms with E-state index in [9.17, 15) is 14.4 Å². The lowest BCUT2D eigenvalue weighted by Gasteiger charge is -2.33. The normalized spacial score (nSPS) is 31.3. The third kappa shape index (κ3) is 2.14. The smallest absolute Gasteiger partial charge is 0.337 e. The second-order valence-electron chi connectivity index (χ2n) is 5.62. The van der Waals surface area contributed by atoms with E-state index >= 15 is 0 Å². The highest BCUT2D eigenvalue weighted by Gasteiger charge is 2.50. The van der Waals surface area contributed by atoms with Crippen LogP contribution < -0.4 is 5.32 Å². The highest BCUT2D eigenvalue weighted by atomic mass is 16.5. The lowest BCUT2D eigenvalue weighted by atomic mass is 9.72. The summed E-state index contributed by atoms with van der Waals surface area (Å²) in [5.74, 6) is -2.42. The Labute approximate surface area is 123 Å². The highest BCUT2D eigenvalue weighted by molar-refractivity contribution is 6.06. The standard InChI is InChI=1S/C15H19NO5/c1-7-6-15(3)11(14(19)21-5)10(13(18)20-4)9(7)8(2)12(17)16-15/h6,8-9H,1-5H3,(H,16,17)/t8-,9-,15-/m0/s1. The van der Waals surface area contributed by atoms with E-state index in [2.05, 4.69) is 5.32 Å². The number of ether oxygens (including phenoxy) is 2. The van der Waals surface area contributed by atoms with Gasteiger partial charge in [0.15, 0.2) is 0 Å². The Hall–Kier alpha value is -2.11. The Morgan fingerprint density at radius 3 is 2.33 bits per heavy atom. The van der Waals surface area contributed by atoms with Crippen molar-refractivity contribution in [3.63, 3.8) is 0 Å². The molecule has 0 aromatic carbocycles. The van der Waals surface area contributed by atoms with Gasteiger partial charge in [0.05, 0.1) is 30.9 Å². The Kier molecular flexibility index (Phi) is 3.65. The Bertz CT molecular complexity index is 589. The van der Waals surface area contributed by atoms with Crippen LogP contribution in [0.15, 0.2) is 22.8 Å². The molecule has 0 fully saturated rings. The number of hydrogen-bond acceptors (Lipinski definition) is 5. The van der Waals surface area contributed by atoms with Gasteiger partial charge in [-0.1, -0.05) is 18.6 Å². The zero-order chi connectivity index (χ0) is 15.9. The molecule has 0 aromatic heterocycles. The summed E-state index contributed by atoms with van der Waals surface area (Å²) in [4.78, 5) is 36.7. The quantitative estimate of drug-likeness (QED) is 0.599. The van der Waals surface area contributed by atoms with Gasteiger partial charge in [-0.25, -0.2) is 9.59 Å². The van der Waals surface area contributed by atoms with Crippen molar-refractivity contribution in [1.29, 1.82) is 0 Å². The topological polar surface area (TPSA) is 81.7 Å². The fourth-order valence-corrected chi connectivity index (χ4v) is 3.31. The molecular weight excluding hydrogens is 274 g/mol. The first kappa shape index (κ1) is 15.3. The van der Waals surface area contributed by atoms with Crippen molar-refractivity contribution in [3.8, 4) is 0 Å². The van der Waals surface area contributed by atoms with Crippen LogP contribution in [0.4, 0.5) is 0 Å². The summed E-state index contributed by atoms with van der Waals surface area (Å²) in [5, 5.41) is 2.82. The molecule has 6 nitrogen and oxygen atoms in total. The van der Waals surface area contributed by atoms with Gasteiger partial charge in [-0.3, -0.25) is 4.79 Å². The van der Waals surface area contributed by atoms with Crippen molar-refractivity contribution in [3.05, 3.63) is 22.8 Å². The minimum atomic E-state index is -1.07. The fourth-order valence-electron chi connectivity index (χ4n) is 3.31. The molecule has 3 aliphatic rings. The molecule has 3 atom stereocenters. The van der Waals surface area contributed by atoms with Gasteiger partial charge < -0.3 is 14.8 Å². The summed E-state index contributed by atoms with van der Waals surface area (Å²) in [6, 6.07) is 0. The zero-order valence-corrected chi connectivity index (χ0v) is 12.8. The largest absolute Gasteiger partial charge is 0.466 e. The Balaban J connectivity index is 2.77. The van der Waals surface area contributed by atoms with Crippen LogP contribution >= 0.6 is 0 Å². The first-order valence-corrected chi connectivity index (χ1v) is 6.69. The van der Waals surface area contributed by atoms with Crippen LogP contribution in [0.25, 0.3) is 0 Å². The Morgan fingerprint density at radius 2 is 1.81 bits per heavy atom. The minimum Gasteiger partial charge on any atom is -0.466 e. The van der Waals surface area contributed by atoms with Crippen LogP contribution in [0.5, 0.6) is 0 Å². The van der Waals surface area contributed by atoms with Gasteiger partial charge in [-0.05, 0) is 13.8 Å². The van der Waals surface area contributed by atoms with Crippen molar-refractivity contribution in [1.82, 2.24) is 5.32 Å². The molecule has 21 heavy (non-hydrogen) atoms. The maximum atomic E-state index is 12.3. The summed E-state index contributed by atoms with van der Waals surface area (Å²) in [7, 11) is 2.50. The molecule has 2 aliphatic heterocycles. The van der Waals surface area contributed by atoms with Crippen LogP contribution in [0, 0.1) is 11.8 Å². The van der Waals surface area contributed by atoms with E-state index in [1.165, 1.54) is 14.2 Å². The molecule has 114 valence electrons. The average molecular weight is 293 g/mol. The van der Waals surface area contributed by atoms with E-state index in [1.54, 1.807) is 19.9 Å². The Morgan fingerprint density at radius 1 is 1.24 bits per heavy atom. The molecule has 0 spiro atoms. The first-order chi connectivity index (χ1) is 9.76. The van der Waals surface area contributed by atoms with Crippen LogP contribution in [0.3, 0.4) is 0 Å². The molecule has 2 bridgehead atoms. The van der Waals surface area contributed by atoms with Gasteiger partial charge in [-0.2, -0.15) is 0 Å². The molecule has 6 heteroatoms. The van der Waals surface area contributed by atoms with Crippen molar-refractivity contribution < 1.29 is 23.9 Å². The molecule has 3 rings (SSSR count). The molecule has 0 saturated carbocycles. The molecule has 1 N–H and O–H groups in total. The second-order valence-corrected chi connectivity index (χ2v) is 5.62. The number of fused-ring (bicyclic) bond motifs is 2. The van der Waals surface area contributed by atoms with E-state index in [0.717, 1.165) is 5.57 Å². The predicted molar refractivity (Wildman–Crippen MR) is 74.0 cm³/mol. The van der Waals surface area contributed by atoms with Gasteiger partial charge in [0.25, 0.3) is 0 Å². The molecule has 0 unspecified atom stereocenters. The zero-order valence-electron chi connectivity index (χ0n) is 12.8. The monoisotopic (exact) mass is 293 g/mol. The van der Waals surface area contributed by atoms with Crippen molar-refractivity contribution in [2.45, 2.75) is 26.3 Å². The number of carbonyl (C=O) groups is 3. The molecule has 0 radical (unpaired) electrons. The molecule has 0 saturated heterocycles. The van der Waals surface area contributed by atoms with Gasteiger partial charge in [-0.15, -0.1) is 0 Å². The van der Waals surface area contributed by atoms with Gasteiger partial charge in [0.2, 0.25) is 5.91 Å². The molecule has 1 aliphatic carbocycles. The van der Waals surface area contributed by atoms with Crippen LogP contribution in [-0.4, -0.2) is 37.6 Å². The third-order valence-electron chi connectivity index (χ3n) is 4.20. The molecule has 1 amide bonds. The van der Waals surface area contributed by atoms with Crippen molar-refractivity contribution >= 4 is 17.8 Å².